The van der Waals surface area contributed by atoms with Crippen molar-refractivity contribution >= 4 is 0 Å². The van der Waals surface area contributed by atoms with Crippen LogP contribution in [0.5, 0.6) is 0 Å². The summed E-state index contributed by atoms with van der Waals surface area (Å²) in [4.78, 5) is 1.51. The molecule has 1 fully saturated rings. The largest absolute Gasteiger partial charge is 0.401 e. The molecule has 0 bridgehead atoms. The maximum atomic E-state index is 12.5. The van der Waals surface area contributed by atoms with E-state index in [2.05, 4.69) is 5.32 Å². The van der Waals surface area contributed by atoms with E-state index in [1.807, 2.05) is 6.92 Å². The molecule has 0 aromatic rings. The van der Waals surface area contributed by atoms with Crippen LogP contribution in [0.25, 0.3) is 0 Å². The van der Waals surface area contributed by atoms with Crippen molar-refractivity contribution in [3.05, 3.63) is 0 Å². The summed E-state index contributed by atoms with van der Waals surface area (Å²) in [6, 6.07) is 0.0262. The SMILES string of the molecule is CCOCCN(CC(F)(F)F)C1CCNCC1. The summed E-state index contributed by atoms with van der Waals surface area (Å²) < 4.78 is 42.6. The summed E-state index contributed by atoms with van der Waals surface area (Å²) in [5, 5.41) is 3.16. The van der Waals surface area contributed by atoms with Crippen LogP contribution in [-0.2, 0) is 4.74 Å². The minimum Gasteiger partial charge on any atom is -0.380 e. The van der Waals surface area contributed by atoms with Gasteiger partial charge in [0.25, 0.3) is 0 Å². The van der Waals surface area contributed by atoms with Crippen molar-refractivity contribution in [1.29, 1.82) is 0 Å². The molecule has 0 aliphatic carbocycles. The van der Waals surface area contributed by atoms with E-state index < -0.39 is 12.7 Å². The summed E-state index contributed by atoms with van der Waals surface area (Å²) in [7, 11) is 0. The van der Waals surface area contributed by atoms with Crippen molar-refractivity contribution in [2.45, 2.75) is 32.0 Å². The van der Waals surface area contributed by atoms with Gasteiger partial charge in [0.15, 0.2) is 0 Å². The van der Waals surface area contributed by atoms with E-state index in [0.29, 0.717) is 19.8 Å². The zero-order valence-corrected chi connectivity index (χ0v) is 10.2. The van der Waals surface area contributed by atoms with Gasteiger partial charge in [-0.25, -0.2) is 0 Å². The minimum absolute atomic E-state index is 0.0262. The predicted octanol–water partition coefficient (Wildman–Crippen LogP) is 1.64. The molecule has 0 radical (unpaired) electrons. The monoisotopic (exact) mass is 254 g/mol. The average Bonchev–Trinajstić information content (AvgIpc) is 2.28. The minimum atomic E-state index is -4.13. The molecular weight excluding hydrogens is 233 g/mol. The number of halogens is 3. The molecule has 1 heterocycles. The number of ether oxygens (including phenoxy) is 1. The molecule has 1 saturated heterocycles. The third-order valence-corrected chi connectivity index (χ3v) is 2.93. The van der Waals surface area contributed by atoms with Crippen molar-refractivity contribution in [3.63, 3.8) is 0 Å². The molecule has 0 atom stereocenters. The fourth-order valence-corrected chi connectivity index (χ4v) is 2.12. The van der Waals surface area contributed by atoms with Crippen LogP contribution in [0, 0.1) is 0 Å². The first-order chi connectivity index (χ1) is 8.03. The van der Waals surface area contributed by atoms with E-state index in [-0.39, 0.29) is 6.04 Å². The molecule has 0 amide bonds. The van der Waals surface area contributed by atoms with Gasteiger partial charge < -0.3 is 10.1 Å². The van der Waals surface area contributed by atoms with Gasteiger partial charge in [-0.3, -0.25) is 4.90 Å². The Bertz CT molecular complexity index is 205. The molecule has 3 nitrogen and oxygen atoms in total. The average molecular weight is 254 g/mol. The van der Waals surface area contributed by atoms with E-state index in [9.17, 15) is 13.2 Å². The van der Waals surface area contributed by atoms with Crippen LogP contribution in [0.2, 0.25) is 0 Å². The van der Waals surface area contributed by atoms with Crippen LogP contribution in [-0.4, -0.2) is 56.5 Å². The fraction of sp³-hybridized carbons (Fsp3) is 1.00. The second-order valence-corrected chi connectivity index (χ2v) is 4.26. The maximum absolute atomic E-state index is 12.5. The predicted molar refractivity (Wildman–Crippen MR) is 60.0 cm³/mol. The van der Waals surface area contributed by atoms with Gasteiger partial charge in [0.2, 0.25) is 0 Å². The Labute approximate surface area is 100 Å². The summed E-state index contributed by atoms with van der Waals surface area (Å²) in [6.45, 7) is 3.89. The van der Waals surface area contributed by atoms with Gasteiger partial charge in [0.05, 0.1) is 13.2 Å². The van der Waals surface area contributed by atoms with Gasteiger partial charge in [-0.2, -0.15) is 13.2 Å². The first-order valence-corrected chi connectivity index (χ1v) is 6.12. The summed E-state index contributed by atoms with van der Waals surface area (Å²) in [6.07, 6.45) is -2.57. The Morgan fingerprint density at radius 3 is 2.47 bits per heavy atom. The molecule has 0 unspecified atom stereocenters. The molecule has 0 aromatic carbocycles. The topological polar surface area (TPSA) is 24.5 Å². The molecule has 102 valence electrons. The van der Waals surface area contributed by atoms with Crippen LogP contribution < -0.4 is 5.32 Å². The smallest absolute Gasteiger partial charge is 0.380 e. The quantitative estimate of drug-likeness (QED) is 0.729. The van der Waals surface area contributed by atoms with Crippen LogP contribution in [0.4, 0.5) is 13.2 Å². The number of hydrogen-bond donors (Lipinski definition) is 1. The van der Waals surface area contributed by atoms with Gasteiger partial charge in [0.1, 0.15) is 0 Å². The van der Waals surface area contributed by atoms with Crippen molar-refractivity contribution in [3.8, 4) is 0 Å². The molecule has 0 saturated carbocycles. The van der Waals surface area contributed by atoms with Gasteiger partial charge in [-0.15, -0.1) is 0 Å². The Balaban J connectivity index is 2.44. The Kier molecular flexibility index (Phi) is 6.22. The highest BCUT2D eigenvalue weighted by Gasteiger charge is 2.34. The van der Waals surface area contributed by atoms with Crippen molar-refractivity contribution in [2.24, 2.45) is 0 Å². The maximum Gasteiger partial charge on any atom is 0.401 e. The van der Waals surface area contributed by atoms with E-state index in [0.717, 1.165) is 25.9 Å². The van der Waals surface area contributed by atoms with Gasteiger partial charge in [0, 0.05) is 19.2 Å². The first-order valence-electron chi connectivity index (χ1n) is 6.12. The standard InChI is InChI=1S/C11H21F3N2O/c1-2-17-8-7-16(9-11(12,13)14)10-3-5-15-6-4-10/h10,15H,2-9H2,1H3. The third-order valence-electron chi connectivity index (χ3n) is 2.93. The Morgan fingerprint density at radius 1 is 1.29 bits per heavy atom. The lowest BCUT2D eigenvalue weighted by atomic mass is 10.0. The Morgan fingerprint density at radius 2 is 1.94 bits per heavy atom. The fourth-order valence-electron chi connectivity index (χ4n) is 2.12. The number of alkyl halides is 3. The van der Waals surface area contributed by atoms with Gasteiger partial charge in [-0.05, 0) is 32.9 Å². The summed E-state index contributed by atoms with van der Waals surface area (Å²) in [5.41, 5.74) is 0. The van der Waals surface area contributed by atoms with Crippen molar-refractivity contribution in [1.82, 2.24) is 10.2 Å². The molecule has 1 N–H and O–H groups in total. The second-order valence-electron chi connectivity index (χ2n) is 4.26. The number of hydrogen-bond acceptors (Lipinski definition) is 3. The number of piperidine rings is 1. The zero-order valence-electron chi connectivity index (χ0n) is 10.2. The summed E-state index contributed by atoms with van der Waals surface area (Å²) in [5.74, 6) is 0. The van der Waals surface area contributed by atoms with Crippen LogP contribution in [0.3, 0.4) is 0 Å². The molecule has 6 heteroatoms. The lowest BCUT2D eigenvalue weighted by Crippen LogP contribution is -2.48. The first kappa shape index (κ1) is 14.7. The van der Waals surface area contributed by atoms with E-state index >= 15 is 0 Å². The third kappa shape index (κ3) is 6.24. The van der Waals surface area contributed by atoms with E-state index in [1.54, 1.807) is 0 Å². The van der Waals surface area contributed by atoms with Crippen molar-refractivity contribution in [2.75, 3.05) is 39.4 Å². The highest BCUT2D eigenvalue weighted by Crippen LogP contribution is 2.20. The second kappa shape index (κ2) is 7.18. The van der Waals surface area contributed by atoms with E-state index in [1.165, 1.54) is 4.90 Å². The Hall–Kier alpha value is -0.330. The lowest BCUT2D eigenvalue weighted by molar-refractivity contribution is -0.153. The number of rotatable bonds is 6. The molecule has 0 aromatic heterocycles. The molecular formula is C11H21F3N2O. The highest BCUT2D eigenvalue weighted by molar-refractivity contribution is 4.79. The highest BCUT2D eigenvalue weighted by atomic mass is 19.4. The lowest BCUT2D eigenvalue weighted by Gasteiger charge is -2.34. The van der Waals surface area contributed by atoms with Crippen molar-refractivity contribution < 1.29 is 17.9 Å². The van der Waals surface area contributed by atoms with E-state index in [4.69, 9.17) is 4.74 Å². The molecule has 17 heavy (non-hydrogen) atoms. The van der Waals surface area contributed by atoms with Crippen LogP contribution >= 0.6 is 0 Å². The molecule has 1 aliphatic rings. The molecule has 1 aliphatic heterocycles. The van der Waals surface area contributed by atoms with Crippen LogP contribution in [0.15, 0.2) is 0 Å². The van der Waals surface area contributed by atoms with Gasteiger partial charge >= 0.3 is 6.18 Å². The van der Waals surface area contributed by atoms with Crippen LogP contribution in [0.1, 0.15) is 19.8 Å². The molecule has 0 spiro atoms. The zero-order chi connectivity index (χ0) is 12.7. The normalized spacial score (nSPS) is 18.9. The van der Waals surface area contributed by atoms with Gasteiger partial charge in [-0.1, -0.05) is 0 Å². The number of nitrogens with one attached hydrogen (secondary N) is 1. The molecule has 1 rings (SSSR count). The number of nitrogens with zero attached hydrogens (tertiary/aromatic N) is 1. The summed E-state index contributed by atoms with van der Waals surface area (Å²) >= 11 is 0.